The van der Waals surface area contributed by atoms with Gasteiger partial charge in [0.25, 0.3) is 0 Å². The van der Waals surface area contributed by atoms with Crippen molar-refractivity contribution in [1.29, 1.82) is 0 Å². The molecule has 13 heteroatoms. The van der Waals surface area contributed by atoms with E-state index < -0.39 is 40.5 Å². The third kappa shape index (κ3) is 3.87. The van der Waals surface area contributed by atoms with Crippen molar-refractivity contribution in [2.24, 2.45) is 11.7 Å². The first-order chi connectivity index (χ1) is 16.5. The molecule has 188 valence electrons. The number of nitrogens with zero attached hydrogens (tertiary/aromatic N) is 2. The van der Waals surface area contributed by atoms with E-state index in [0.29, 0.717) is 32.5 Å². The summed E-state index contributed by atoms with van der Waals surface area (Å²) in [6, 6.07) is 0.694. The molecule has 2 saturated heterocycles. The zero-order valence-corrected chi connectivity index (χ0v) is 18.9. The van der Waals surface area contributed by atoms with Gasteiger partial charge in [0.1, 0.15) is 17.0 Å². The van der Waals surface area contributed by atoms with E-state index in [4.69, 9.17) is 22.1 Å². The van der Waals surface area contributed by atoms with E-state index in [0.717, 1.165) is 18.7 Å². The molecule has 0 spiro atoms. The van der Waals surface area contributed by atoms with E-state index in [1.807, 2.05) is 0 Å². The molecule has 1 saturated carbocycles. The molecule has 2 unspecified atom stereocenters. The van der Waals surface area contributed by atoms with Crippen LogP contribution in [0.25, 0.3) is 10.9 Å². The fraction of sp³-hybridized carbons (Fsp3) is 0.500. The van der Waals surface area contributed by atoms with Crippen molar-refractivity contribution in [3.8, 4) is 0 Å². The molecule has 3 heterocycles. The van der Waals surface area contributed by atoms with Crippen LogP contribution >= 0.6 is 11.6 Å². The Balaban J connectivity index is 1.61. The molecule has 1 aromatic heterocycles. The summed E-state index contributed by atoms with van der Waals surface area (Å²) < 4.78 is 64.2. The summed E-state index contributed by atoms with van der Waals surface area (Å²) in [6.07, 6.45) is -2.36. The van der Waals surface area contributed by atoms with E-state index in [-0.39, 0.29) is 40.1 Å². The van der Waals surface area contributed by atoms with Crippen LogP contribution in [-0.4, -0.2) is 54.5 Å². The average Bonchev–Trinajstić information content (AvgIpc) is 3.45. The predicted molar refractivity (Wildman–Crippen MR) is 116 cm³/mol. The van der Waals surface area contributed by atoms with Gasteiger partial charge in [0, 0.05) is 44.4 Å². The van der Waals surface area contributed by atoms with Crippen molar-refractivity contribution in [2.75, 3.05) is 31.1 Å². The van der Waals surface area contributed by atoms with Crippen molar-refractivity contribution < 1.29 is 36.6 Å². The molecule has 2 N–H and O–H groups in total. The molecule has 1 aliphatic carbocycles. The molecule has 3 aliphatic rings. The van der Waals surface area contributed by atoms with Crippen LogP contribution in [-0.2, 0) is 14.3 Å². The van der Waals surface area contributed by atoms with Crippen LogP contribution in [0.1, 0.15) is 35.7 Å². The Morgan fingerprint density at radius 2 is 2.00 bits per heavy atom. The minimum absolute atomic E-state index is 0.0568. The van der Waals surface area contributed by atoms with Crippen LogP contribution in [0.3, 0.4) is 0 Å². The second-order valence-corrected chi connectivity index (χ2v) is 9.46. The molecule has 2 aliphatic heterocycles. The number of anilines is 1. The van der Waals surface area contributed by atoms with Gasteiger partial charge in [-0.05, 0) is 25.3 Å². The highest BCUT2D eigenvalue weighted by molar-refractivity contribution is 6.38. The number of fused-ring (bicyclic) bond motifs is 2. The van der Waals surface area contributed by atoms with Gasteiger partial charge < -0.3 is 24.7 Å². The zero-order chi connectivity index (χ0) is 25.3. The minimum Gasteiger partial charge on any atom is -0.382 e. The third-order valence-corrected chi connectivity index (χ3v) is 7.28. The minimum atomic E-state index is -5.43. The number of carbonyl (C=O) groups excluding carboxylic acids is 2. The second-order valence-electron chi connectivity index (χ2n) is 9.09. The maximum Gasteiger partial charge on any atom is 0.491 e. The smallest absolute Gasteiger partial charge is 0.382 e. The summed E-state index contributed by atoms with van der Waals surface area (Å²) in [6.45, 7) is 1.54. The molecule has 35 heavy (non-hydrogen) atoms. The van der Waals surface area contributed by atoms with Crippen LogP contribution in [0.4, 0.5) is 23.2 Å². The van der Waals surface area contributed by atoms with E-state index in [1.165, 1.54) is 4.57 Å². The number of aromatic nitrogens is 1. The number of rotatable bonds is 4. The van der Waals surface area contributed by atoms with Crippen LogP contribution in [0.15, 0.2) is 17.1 Å². The summed E-state index contributed by atoms with van der Waals surface area (Å²) in [5, 5.41) is -0.372. The predicted octanol–water partition coefficient (Wildman–Crippen LogP) is 2.93. The van der Waals surface area contributed by atoms with E-state index in [1.54, 1.807) is 4.90 Å². The molecule has 1 aromatic carbocycles. The first kappa shape index (κ1) is 24.0. The first-order valence-electron chi connectivity index (χ1n) is 11.0. The lowest BCUT2D eigenvalue weighted by Crippen LogP contribution is -2.44. The zero-order valence-electron chi connectivity index (χ0n) is 18.2. The Morgan fingerprint density at radius 3 is 2.60 bits per heavy atom. The molecule has 8 nitrogen and oxygen atoms in total. The van der Waals surface area contributed by atoms with Crippen LogP contribution in [0.2, 0.25) is 5.02 Å². The summed E-state index contributed by atoms with van der Waals surface area (Å²) in [4.78, 5) is 38.1. The van der Waals surface area contributed by atoms with Crippen molar-refractivity contribution in [2.45, 2.75) is 37.1 Å². The normalized spacial score (nSPS) is 24.2. The standard InChI is InChI=1S/C22H20ClF4N3O5/c23-15-16-12(5-14(24)17(15)29-6-10-3-4-34-21(10,8-28)9-29)18(31)13(7-30(16)11-1-2-11)19(32)35-20(33)22(25,26)27/h5,7,10-11H,1-4,6,8-9,28H2. The molecule has 0 radical (unpaired) electrons. The number of alkyl halides is 3. The number of benzene rings is 1. The lowest BCUT2D eigenvalue weighted by Gasteiger charge is -2.28. The molecule has 2 aromatic rings. The molecule has 3 fully saturated rings. The number of ether oxygens (including phenoxy) is 2. The van der Waals surface area contributed by atoms with Crippen molar-refractivity contribution in [1.82, 2.24) is 4.57 Å². The van der Waals surface area contributed by atoms with Gasteiger partial charge in [0.2, 0.25) is 5.43 Å². The molecular weight excluding hydrogens is 498 g/mol. The molecule has 2 atom stereocenters. The Bertz CT molecular complexity index is 1310. The monoisotopic (exact) mass is 517 g/mol. The molecule has 0 bridgehead atoms. The van der Waals surface area contributed by atoms with Gasteiger partial charge in [-0.15, -0.1) is 0 Å². The van der Waals surface area contributed by atoms with Gasteiger partial charge in [0.15, 0.2) is 0 Å². The first-order valence-corrected chi connectivity index (χ1v) is 11.3. The van der Waals surface area contributed by atoms with Gasteiger partial charge in [-0.1, -0.05) is 11.6 Å². The number of hydrogen-bond donors (Lipinski definition) is 1. The van der Waals surface area contributed by atoms with Gasteiger partial charge >= 0.3 is 18.1 Å². The highest BCUT2D eigenvalue weighted by Crippen LogP contribution is 2.46. The largest absolute Gasteiger partial charge is 0.491 e. The third-order valence-electron chi connectivity index (χ3n) is 6.92. The van der Waals surface area contributed by atoms with Crippen LogP contribution in [0, 0.1) is 11.7 Å². The Hall–Kier alpha value is -2.70. The topological polar surface area (TPSA) is 104 Å². The number of esters is 2. The number of halogens is 5. The Kier molecular flexibility index (Phi) is 5.61. The highest BCUT2D eigenvalue weighted by atomic mass is 35.5. The van der Waals surface area contributed by atoms with Gasteiger partial charge in [-0.3, -0.25) is 4.79 Å². The fourth-order valence-corrected chi connectivity index (χ4v) is 5.45. The van der Waals surface area contributed by atoms with Gasteiger partial charge in [-0.2, -0.15) is 13.2 Å². The van der Waals surface area contributed by atoms with E-state index >= 15 is 4.39 Å². The Morgan fingerprint density at radius 1 is 1.29 bits per heavy atom. The van der Waals surface area contributed by atoms with Crippen molar-refractivity contribution >= 4 is 40.1 Å². The quantitative estimate of drug-likeness (QED) is 0.378. The average molecular weight is 518 g/mol. The van der Waals surface area contributed by atoms with E-state index in [9.17, 15) is 27.6 Å². The summed E-state index contributed by atoms with van der Waals surface area (Å²) in [5.74, 6) is -5.29. The van der Waals surface area contributed by atoms with Gasteiger partial charge in [-0.25, -0.2) is 14.0 Å². The lowest BCUT2D eigenvalue weighted by molar-refractivity contribution is -0.193. The molecule has 0 amide bonds. The fourth-order valence-electron chi connectivity index (χ4n) is 5.04. The van der Waals surface area contributed by atoms with Gasteiger partial charge in [0.05, 0.1) is 21.6 Å². The van der Waals surface area contributed by atoms with Crippen molar-refractivity contribution in [3.63, 3.8) is 0 Å². The maximum absolute atomic E-state index is 15.4. The van der Waals surface area contributed by atoms with Crippen LogP contribution < -0.4 is 16.1 Å². The maximum atomic E-state index is 15.4. The summed E-state index contributed by atoms with van der Waals surface area (Å²) in [5.41, 5.74) is 3.62. The SMILES string of the molecule is NCC12CN(c3c(F)cc4c(=O)c(C(=O)OC(=O)C(F)(F)F)cn(C5CC5)c4c3Cl)CC1CCO2. The molecular formula is C22H20ClF4N3O5. The number of carbonyl (C=O) groups is 2. The Labute approximate surface area is 200 Å². The second kappa shape index (κ2) is 8.17. The lowest BCUT2D eigenvalue weighted by atomic mass is 9.91. The van der Waals surface area contributed by atoms with Crippen LogP contribution in [0.5, 0.6) is 0 Å². The summed E-state index contributed by atoms with van der Waals surface area (Å²) in [7, 11) is 0. The highest BCUT2D eigenvalue weighted by Gasteiger charge is 2.51. The number of pyridine rings is 1. The van der Waals surface area contributed by atoms with Crippen molar-refractivity contribution in [3.05, 3.63) is 38.9 Å². The number of nitrogens with two attached hydrogens (primary N) is 1. The molecule has 5 rings (SSSR count). The summed E-state index contributed by atoms with van der Waals surface area (Å²) >= 11 is 6.66. The van der Waals surface area contributed by atoms with E-state index in [2.05, 4.69) is 4.74 Å². The number of hydrogen-bond acceptors (Lipinski definition) is 7.